The number of benzene rings is 1. The molecule has 0 saturated carbocycles. The quantitative estimate of drug-likeness (QED) is 0.181. The van der Waals surface area contributed by atoms with Gasteiger partial charge in [-0.3, -0.25) is 38.4 Å². The normalized spacial score (nSPS) is 26.1. The van der Waals surface area contributed by atoms with Gasteiger partial charge >= 0.3 is 53.7 Å². The molecular weight excluding hydrogens is 800 g/mol. The molecular formula is C36H44O23. The van der Waals surface area contributed by atoms with E-state index >= 15 is 0 Å². The number of rotatable bonds is 15. The van der Waals surface area contributed by atoms with Crippen molar-refractivity contribution in [2.75, 3.05) is 20.3 Å². The molecule has 2 saturated heterocycles. The van der Waals surface area contributed by atoms with E-state index in [1.807, 2.05) is 0 Å². The maximum Gasteiger partial charge on any atom is 0.338 e. The molecule has 0 aliphatic carbocycles. The monoisotopic (exact) mass is 844 g/mol. The van der Waals surface area contributed by atoms with Crippen LogP contribution < -0.4 is 9.47 Å². The van der Waals surface area contributed by atoms with Crippen LogP contribution in [0.4, 0.5) is 0 Å². The summed E-state index contributed by atoms with van der Waals surface area (Å²) in [7, 11) is 1.02. The number of phenolic OH excluding ortho intramolecular Hbond substituents is 1. The molecule has 0 radical (unpaired) electrons. The summed E-state index contributed by atoms with van der Waals surface area (Å²) in [5.74, 6) is -10.7. The molecule has 23 nitrogen and oxygen atoms in total. The van der Waals surface area contributed by atoms with E-state index in [0.29, 0.717) is 0 Å². The van der Waals surface area contributed by atoms with E-state index in [2.05, 4.69) is 0 Å². The third-order valence-electron chi connectivity index (χ3n) is 7.83. The third kappa shape index (κ3) is 13.4. The zero-order valence-electron chi connectivity index (χ0n) is 33.3. The summed E-state index contributed by atoms with van der Waals surface area (Å²) in [4.78, 5) is 110. The summed E-state index contributed by atoms with van der Waals surface area (Å²) in [6, 6.07) is 1.80. The van der Waals surface area contributed by atoms with Gasteiger partial charge in [0.15, 0.2) is 35.9 Å². The van der Waals surface area contributed by atoms with Crippen LogP contribution in [0.3, 0.4) is 0 Å². The van der Waals surface area contributed by atoms with Crippen LogP contribution in [0.25, 0.3) is 0 Å². The Morgan fingerprint density at radius 3 is 1.22 bits per heavy atom. The number of phenols is 1. The minimum Gasteiger partial charge on any atom is -0.504 e. The number of aromatic hydroxyl groups is 1. The molecule has 0 aromatic heterocycles. The molecule has 0 amide bonds. The molecule has 3 rings (SSSR count). The molecule has 2 heterocycles. The van der Waals surface area contributed by atoms with Gasteiger partial charge < -0.3 is 66.7 Å². The van der Waals surface area contributed by atoms with Gasteiger partial charge in [0, 0.05) is 55.4 Å². The number of ether oxygens (including phenoxy) is 13. The minimum absolute atomic E-state index is 0.389. The molecule has 2 aliphatic rings. The third-order valence-corrected chi connectivity index (χ3v) is 7.83. The lowest BCUT2D eigenvalue weighted by Crippen LogP contribution is -2.64. The van der Waals surface area contributed by atoms with Crippen molar-refractivity contribution >= 4 is 53.7 Å². The fraction of sp³-hybridized carbons (Fsp3) is 0.583. The average Bonchev–Trinajstić information content (AvgIpc) is 3.11. The first-order valence-corrected chi connectivity index (χ1v) is 17.5. The molecule has 2 unspecified atom stereocenters. The highest BCUT2D eigenvalue weighted by Gasteiger charge is 2.55. The second-order valence-electron chi connectivity index (χ2n) is 12.7. The maximum absolute atomic E-state index is 12.8. The molecule has 1 aromatic carbocycles. The zero-order chi connectivity index (χ0) is 44.3. The first-order valence-electron chi connectivity index (χ1n) is 17.5. The lowest BCUT2D eigenvalue weighted by Gasteiger charge is -2.44. The highest BCUT2D eigenvalue weighted by atomic mass is 16.8. The molecule has 0 spiro atoms. The van der Waals surface area contributed by atoms with E-state index in [4.69, 9.17) is 61.6 Å². The van der Waals surface area contributed by atoms with Gasteiger partial charge in [-0.25, -0.2) is 4.79 Å². The zero-order valence-corrected chi connectivity index (χ0v) is 33.3. The SMILES string of the molecule is COC(=O)c1cc(O)c(OC2O[C@H](COC(C)=O)[C@H](OC(C)=O)[C@H](OC(C)=O)[C@H]2OC(C)=O)c(OC2O[C@H](COC(C)=O)[C@H](OC(C)=O)[C@H](OC(C)=O)[C@H]2OC(C)=O)c1. The topological polar surface area (TPSA) is 294 Å². The van der Waals surface area contributed by atoms with Gasteiger partial charge in [-0.1, -0.05) is 0 Å². The van der Waals surface area contributed by atoms with Crippen LogP contribution in [0.5, 0.6) is 17.2 Å². The van der Waals surface area contributed by atoms with Crippen LogP contribution in [0.1, 0.15) is 65.7 Å². The standard InChI is InChI=1S/C36H44O23/c1-14(37)48-12-25-28(50-16(3)39)30(52-18(5)41)32(54-20(7)43)35(57-25)56-24-11-22(34(46)47-9)10-23(45)27(24)59-36-33(55-21(8)44)31(53-19(6)42)29(51-17(4)40)26(58-36)13-49-15(2)38/h10-11,25-26,28-33,35-36,45H,12-13H2,1-9H3/t25-,26-,28+,29+,30+,31+,32-,33-,35?,36?/m1/s1. The Morgan fingerprint density at radius 1 is 0.508 bits per heavy atom. The van der Waals surface area contributed by atoms with E-state index < -0.39 is 146 Å². The first-order chi connectivity index (χ1) is 27.6. The summed E-state index contributed by atoms with van der Waals surface area (Å²) in [6.07, 6.45) is -17.2. The van der Waals surface area contributed by atoms with Crippen molar-refractivity contribution in [3.05, 3.63) is 17.7 Å². The van der Waals surface area contributed by atoms with E-state index in [0.717, 1.165) is 74.6 Å². The van der Waals surface area contributed by atoms with Crippen molar-refractivity contribution in [2.24, 2.45) is 0 Å². The molecule has 326 valence electrons. The molecule has 1 N–H and O–H groups in total. The summed E-state index contributed by atoms with van der Waals surface area (Å²) >= 11 is 0. The van der Waals surface area contributed by atoms with Crippen LogP contribution in [-0.4, -0.2) is 141 Å². The minimum atomic E-state index is -1.97. The smallest absolute Gasteiger partial charge is 0.338 e. The number of carbonyl (C=O) groups excluding carboxylic acids is 9. The number of carbonyl (C=O) groups is 9. The van der Waals surface area contributed by atoms with E-state index in [9.17, 15) is 48.3 Å². The van der Waals surface area contributed by atoms with E-state index in [-0.39, 0.29) is 5.56 Å². The Hall–Kier alpha value is -6.23. The predicted molar refractivity (Wildman–Crippen MR) is 185 cm³/mol. The molecule has 2 aliphatic heterocycles. The first kappa shape index (κ1) is 47.1. The number of hydrogen-bond donors (Lipinski definition) is 1. The Morgan fingerprint density at radius 2 is 0.864 bits per heavy atom. The molecule has 23 heteroatoms. The summed E-state index contributed by atoms with van der Waals surface area (Å²) in [5.41, 5.74) is -0.389. The van der Waals surface area contributed by atoms with Crippen LogP contribution in [0.2, 0.25) is 0 Å². The van der Waals surface area contributed by atoms with Crippen molar-refractivity contribution in [2.45, 2.75) is 117 Å². The van der Waals surface area contributed by atoms with Crippen molar-refractivity contribution in [3.63, 3.8) is 0 Å². The fourth-order valence-electron chi connectivity index (χ4n) is 5.84. The van der Waals surface area contributed by atoms with Crippen LogP contribution in [-0.2, 0) is 90.5 Å². The number of esters is 9. The molecule has 1 aromatic rings. The average molecular weight is 845 g/mol. The van der Waals surface area contributed by atoms with Crippen LogP contribution >= 0.6 is 0 Å². The number of hydrogen-bond acceptors (Lipinski definition) is 23. The Kier molecular flexibility index (Phi) is 16.8. The highest BCUT2D eigenvalue weighted by molar-refractivity contribution is 5.91. The molecule has 59 heavy (non-hydrogen) atoms. The summed E-state index contributed by atoms with van der Waals surface area (Å²) < 4.78 is 71.5. The van der Waals surface area contributed by atoms with Crippen molar-refractivity contribution < 1.29 is 110 Å². The Labute approximate surface area is 335 Å². The lowest BCUT2D eigenvalue weighted by atomic mass is 9.98. The van der Waals surface area contributed by atoms with Gasteiger partial charge in [-0.15, -0.1) is 0 Å². The number of methoxy groups -OCH3 is 1. The van der Waals surface area contributed by atoms with E-state index in [1.54, 1.807) is 0 Å². The van der Waals surface area contributed by atoms with Crippen molar-refractivity contribution in [1.29, 1.82) is 0 Å². The molecule has 2 fully saturated rings. The maximum atomic E-state index is 12.8. The van der Waals surface area contributed by atoms with Gasteiger partial charge in [0.25, 0.3) is 0 Å². The van der Waals surface area contributed by atoms with Gasteiger partial charge in [0.2, 0.25) is 30.5 Å². The van der Waals surface area contributed by atoms with Crippen molar-refractivity contribution in [1.82, 2.24) is 0 Å². The highest BCUT2D eigenvalue weighted by Crippen LogP contribution is 2.43. The fourth-order valence-corrected chi connectivity index (χ4v) is 5.84. The van der Waals surface area contributed by atoms with E-state index in [1.165, 1.54) is 0 Å². The summed E-state index contributed by atoms with van der Waals surface area (Å²) in [6.45, 7) is 6.73. The summed E-state index contributed by atoms with van der Waals surface area (Å²) in [5, 5.41) is 11.4. The predicted octanol–water partition coefficient (Wildman–Crippen LogP) is 0.103. The van der Waals surface area contributed by atoms with Gasteiger partial charge in [-0.2, -0.15) is 0 Å². The largest absolute Gasteiger partial charge is 0.504 e. The lowest BCUT2D eigenvalue weighted by molar-refractivity contribution is -0.292. The molecule has 0 bridgehead atoms. The van der Waals surface area contributed by atoms with Crippen molar-refractivity contribution in [3.8, 4) is 17.2 Å². The Bertz CT molecular complexity index is 1770. The van der Waals surface area contributed by atoms with Gasteiger partial charge in [-0.05, 0) is 12.1 Å². The van der Waals surface area contributed by atoms with Crippen LogP contribution in [0.15, 0.2) is 12.1 Å². The second-order valence-corrected chi connectivity index (χ2v) is 12.7. The molecule has 10 atom stereocenters. The Balaban J connectivity index is 2.28. The van der Waals surface area contributed by atoms with Gasteiger partial charge in [0.1, 0.15) is 25.4 Å². The van der Waals surface area contributed by atoms with Gasteiger partial charge in [0.05, 0.1) is 12.7 Å². The second kappa shape index (κ2) is 21.0. The van der Waals surface area contributed by atoms with Crippen LogP contribution in [0, 0.1) is 0 Å².